The van der Waals surface area contributed by atoms with E-state index in [9.17, 15) is 0 Å². The number of nitrogens with two attached hydrogens (primary N) is 1. The lowest BCUT2D eigenvalue weighted by Gasteiger charge is -2.31. The van der Waals surface area contributed by atoms with Crippen LogP contribution in [-0.2, 0) is 0 Å². The van der Waals surface area contributed by atoms with E-state index in [1.807, 2.05) is 0 Å². The van der Waals surface area contributed by atoms with Gasteiger partial charge >= 0.3 is 0 Å². The zero-order valence-corrected chi connectivity index (χ0v) is 12.5. The van der Waals surface area contributed by atoms with Crippen LogP contribution in [0.2, 0.25) is 0 Å². The van der Waals surface area contributed by atoms with Gasteiger partial charge in [-0.15, -0.1) is 0 Å². The largest absolute Gasteiger partial charge is 0.370 e. The Labute approximate surface area is 112 Å². The lowest BCUT2D eigenvalue weighted by Crippen LogP contribution is -2.43. The van der Waals surface area contributed by atoms with Crippen LogP contribution < -0.4 is 5.73 Å². The first kappa shape index (κ1) is 15.3. The average Bonchev–Trinajstić information content (AvgIpc) is 2.34. The van der Waals surface area contributed by atoms with Crippen molar-refractivity contribution in [2.75, 3.05) is 32.7 Å². The molecule has 1 aliphatic rings. The maximum absolute atomic E-state index is 6.06. The quantitative estimate of drug-likeness (QED) is 0.601. The smallest absolute Gasteiger partial charge is 0.191 e. The Balaban J connectivity index is 2.33. The van der Waals surface area contributed by atoms with Gasteiger partial charge in [0.05, 0.1) is 6.54 Å². The predicted octanol–water partition coefficient (Wildman–Crippen LogP) is 1.76. The molecule has 0 atom stereocenters. The monoisotopic (exact) mass is 254 g/mol. The fraction of sp³-hybridized carbons (Fsp3) is 0.929. The van der Waals surface area contributed by atoms with E-state index in [1.165, 1.54) is 12.8 Å². The van der Waals surface area contributed by atoms with Gasteiger partial charge in [0, 0.05) is 25.7 Å². The van der Waals surface area contributed by atoms with Crippen molar-refractivity contribution in [3.8, 4) is 0 Å². The molecular formula is C14H30N4. The summed E-state index contributed by atoms with van der Waals surface area (Å²) < 4.78 is 0. The average molecular weight is 254 g/mol. The Morgan fingerprint density at radius 3 is 2.50 bits per heavy atom. The molecule has 0 aromatic rings. The van der Waals surface area contributed by atoms with Crippen LogP contribution in [0, 0.1) is 5.92 Å². The van der Waals surface area contributed by atoms with Crippen molar-refractivity contribution in [3.05, 3.63) is 0 Å². The van der Waals surface area contributed by atoms with Crippen molar-refractivity contribution in [3.63, 3.8) is 0 Å². The van der Waals surface area contributed by atoms with Gasteiger partial charge in [-0.05, 0) is 39.2 Å². The van der Waals surface area contributed by atoms with Gasteiger partial charge in [-0.25, -0.2) is 0 Å². The van der Waals surface area contributed by atoms with Crippen molar-refractivity contribution in [1.82, 2.24) is 9.80 Å². The minimum Gasteiger partial charge on any atom is -0.370 e. The van der Waals surface area contributed by atoms with E-state index in [2.05, 4.69) is 42.5 Å². The second-order valence-corrected chi connectivity index (χ2v) is 5.63. The molecule has 0 aromatic carbocycles. The van der Waals surface area contributed by atoms with Crippen molar-refractivity contribution in [2.45, 2.75) is 46.6 Å². The van der Waals surface area contributed by atoms with E-state index in [-0.39, 0.29) is 0 Å². The van der Waals surface area contributed by atoms with Crippen molar-refractivity contribution in [2.24, 2.45) is 16.6 Å². The molecule has 1 rings (SSSR count). The number of hydrogen-bond donors (Lipinski definition) is 1. The van der Waals surface area contributed by atoms with E-state index < -0.39 is 0 Å². The van der Waals surface area contributed by atoms with Gasteiger partial charge < -0.3 is 10.6 Å². The fourth-order valence-electron chi connectivity index (χ4n) is 2.41. The van der Waals surface area contributed by atoms with Crippen LogP contribution in [0.25, 0.3) is 0 Å². The predicted molar refractivity (Wildman–Crippen MR) is 78.8 cm³/mol. The zero-order valence-electron chi connectivity index (χ0n) is 12.5. The molecule has 0 radical (unpaired) electrons. The highest BCUT2D eigenvalue weighted by Gasteiger charge is 2.16. The number of piperidine rings is 1. The summed E-state index contributed by atoms with van der Waals surface area (Å²) in [6, 6.07) is 0.585. The Morgan fingerprint density at radius 1 is 1.39 bits per heavy atom. The topological polar surface area (TPSA) is 44.9 Å². The number of likely N-dealkylation sites (N-methyl/N-ethyl adjacent to an activating group) is 1. The summed E-state index contributed by atoms with van der Waals surface area (Å²) in [6.45, 7) is 14.0. The van der Waals surface area contributed by atoms with Gasteiger partial charge in [0.15, 0.2) is 5.96 Å². The Bertz CT molecular complexity index is 255. The third-order valence-corrected chi connectivity index (χ3v) is 3.91. The maximum atomic E-state index is 6.06. The second-order valence-electron chi connectivity index (χ2n) is 5.63. The molecule has 0 amide bonds. The van der Waals surface area contributed by atoms with Gasteiger partial charge in [0.25, 0.3) is 0 Å². The van der Waals surface area contributed by atoms with Gasteiger partial charge in [-0.3, -0.25) is 9.89 Å². The highest BCUT2D eigenvalue weighted by atomic mass is 15.3. The standard InChI is InChI=1S/C14H30N4/c1-5-17(12(2)3)11-8-16-14(15)18-9-6-13(4)7-10-18/h12-13H,5-11H2,1-4H3,(H2,15,16). The normalized spacial score (nSPS) is 19.0. The molecule has 0 unspecified atom stereocenters. The fourth-order valence-corrected chi connectivity index (χ4v) is 2.41. The van der Waals surface area contributed by atoms with Crippen molar-refractivity contribution in [1.29, 1.82) is 0 Å². The number of hydrogen-bond acceptors (Lipinski definition) is 2. The molecule has 1 fully saturated rings. The lowest BCUT2D eigenvalue weighted by atomic mass is 10.00. The van der Waals surface area contributed by atoms with E-state index in [0.29, 0.717) is 6.04 Å². The molecule has 0 spiro atoms. The molecule has 4 heteroatoms. The minimum absolute atomic E-state index is 0.585. The third kappa shape index (κ3) is 4.84. The summed E-state index contributed by atoms with van der Waals surface area (Å²) in [5, 5.41) is 0. The van der Waals surface area contributed by atoms with Crippen LogP contribution in [0.4, 0.5) is 0 Å². The van der Waals surface area contributed by atoms with Crippen LogP contribution in [0.5, 0.6) is 0 Å². The number of nitrogens with zero attached hydrogens (tertiary/aromatic N) is 3. The summed E-state index contributed by atoms with van der Waals surface area (Å²) in [4.78, 5) is 9.16. The summed E-state index contributed by atoms with van der Waals surface area (Å²) in [6.07, 6.45) is 2.48. The van der Waals surface area contributed by atoms with Gasteiger partial charge in [0.2, 0.25) is 0 Å². The molecule has 0 saturated carbocycles. The van der Waals surface area contributed by atoms with E-state index in [4.69, 9.17) is 5.73 Å². The molecule has 0 bridgehead atoms. The second kappa shape index (κ2) is 7.62. The third-order valence-electron chi connectivity index (χ3n) is 3.91. The molecule has 4 nitrogen and oxygen atoms in total. The number of likely N-dealkylation sites (tertiary alicyclic amines) is 1. The van der Waals surface area contributed by atoms with Gasteiger partial charge in [-0.2, -0.15) is 0 Å². The number of rotatable bonds is 5. The molecule has 106 valence electrons. The molecular weight excluding hydrogens is 224 g/mol. The van der Waals surface area contributed by atoms with Crippen LogP contribution in [0.1, 0.15) is 40.5 Å². The van der Waals surface area contributed by atoms with Crippen LogP contribution in [0.15, 0.2) is 4.99 Å². The Morgan fingerprint density at radius 2 is 2.00 bits per heavy atom. The number of aliphatic imine (C=N–C) groups is 1. The molecule has 1 saturated heterocycles. The summed E-state index contributed by atoms with van der Waals surface area (Å²) in [5.74, 6) is 1.58. The lowest BCUT2D eigenvalue weighted by molar-refractivity contribution is 0.239. The van der Waals surface area contributed by atoms with Crippen molar-refractivity contribution < 1.29 is 0 Å². The molecule has 2 N–H and O–H groups in total. The summed E-state index contributed by atoms with van der Waals surface area (Å²) >= 11 is 0. The Kier molecular flexibility index (Phi) is 6.47. The molecule has 1 aliphatic heterocycles. The molecule has 0 aromatic heterocycles. The first-order chi connectivity index (χ1) is 8.54. The van der Waals surface area contributed by atoms with Gasteiger partial charge in [-0.1, -0.05) is 13.8 Å². The first-order valence-electron chi connectivity index (χ1n) is 7.33. The summed E-state index contributed by atoms with van der Waals surface area (Å²) in [7, 11) is 0. The SMILES string of the molecule is CCN(CCN=C(N)N1CCC(C)CC1)C(C)C. The zero-order chi connectivity index (χ0) is 13.5. The van der Waals surface area contributed by atoms with Crippen LogP contribution >= 0.6 is 0 Å². The number of guanidine groups is 1. The maximum Gasteiger partial charge on any atom is 0.191 e. The highest BCUT2D eigenvalue weighted by Crippen LogP contribution is 2.15. The van der Waals surface area contributed by atoms with Crippen LogP contribution in [-0.4, -0.2) is 54.5 Å². The molecule has 0 aliphatic carbocycles. The minimum atomic E-state index is 0.585. The molecule has 18 heavy (non-hydrogen) atoms. The van der Waals surface area contributed by atoms with Gasteiger partial charge in [0.1, 0.15) is 0 Å². The van der Waals surface area contributed by atoms with E-state index in [0.717, 1.165) is 44.6 Å². The first-order valence-corrected chi connectivity index (χ1v) is 7.33. The Hall–Kier alpha value is -0.770. The van der Waals surface area contributed by atoms with E-state index >= 15 is 0 Å². The highest BCUT2D eigenvalue weighted by molar-refractivity contribution is 5.78. The summed E-state index contributed by atoms with van der Waals surface area (Å²) in [5.41, 5.74) is 6.06. The molecule has 1 heterocycles. The van der Waals surface area contributed by atoms with E-state index in [1.54, 1.807) is 0 Å². The van der Waals surface area contributed by atoms with Crippen molar-refractivity contribution >= 4 is 5.96 Å². The van der Waals surface area contributed by atoms with Crippen LogP contribution in [0.3, 0.4) is 0 Å².